The fourth-order valence-electron chi connectivity index (χ4n) is 3.40. The van der Waals surface area contributed by atoms with Gasteiger partial charge in [-0.1, -0.05) is 44.2 Å². The molecule has 0 saturated heterocycles. The van der Waals surface area contributed by atoms with Crippen LogP contribution in [0, 0.1) is 12.8 Å². The maximum atomic E-state index is 12.9. The Hall–Kier alpha value is -2.55. The maximum Gasteiger partial charge on any atom is 2.00 e. The van der Waals surface area contributed by atoms with Gasteiger partial charge in [-0.25, -0.2) is 13.1 Å². The molecule has 0 unspecified atom stereocenters. The van der Waals surface area contributed by atoms with Crippen LogP contribution < -0.4 is 4.72 Å². The predicted molar refractivity (Wildman–Crippen MR) is 126 cm³/mol. The molecule has 2 aromatic carbocycles. The number of aryl methyl sites for hydroxylation is 1. The minimum atomic E-state index is -3.73. The van der Waals surface area contributed by atoms with E-state index in [9.17, 15) is 8.42 Å². The average Bonchev–Trinajstić information content (AvgIpc) is 3.06. The van der Waals surface area contributed by atoms with Gasteiger partial charge >= 0.3 is 23.1 Å². The minimum Gasteiger partial charge on any atom is -1.00 e. The topological polar surface area (TPSA) is 76.9 Å². The van der Waals surface area contributed by atoms with Gasteiger partial charge in [-0.2, -0.15) is 28.7 Å². The third-order valence-corrected chi connectivity index (χ3v) is 6.34. The Morgan fingerprint density at radius 3 is 2.55 bits per heavy atom. The van der Waals surface area contributed by atoms with Crippen molar-refractivity contribution in [3.05, 3.63) is 89.7 Å². The maximum absolute atomic E-state index is 12.9. The second kappa shape index (κ2) is 9.29. The number of anilines is 1. The summed E-state index contributed by atoms with van der Waals surface area (Å²) in [5, 5.41) is 6.60. The molecule has 4 aromatic rings. The second-order valence-electron chi connectivity index (χ2n) is 7.47. The van der Waals surface area contributed by atoms with Crippen molar-refractivity contribution in [3.8, 4) is 0 Å². The molecule has 0 fully saturated rings. The van der Waals surface area contributed by atoms with Gasteiger partial charge in [-0.3, -0.25) is 9.71 Å². The number of hydrogen-bond donors (Lipinski definition) is 1. The first-order valence-corrected chi connectivity index (χ1v) is 11.1. The Morgan fingerprint density at radius 1 is 1.10 bits per heavy atom. The first-order valence-electron chi connectivity index (χ1n) is 9.63. The molecule has 156 valence electrons. The zero-order valence-corrected chi connectivity index (χ0v) is 20.1. The van der Waals surface area contributed by atoms with Gasteiger partial charge in [0.1, 0.15) is 5.82 Å². The van der Waals surface area contributed by atoms with Crippen molar-refractivity contribution in [1.29, 1.82) is 0 Å². The molecule has 1 N–H and O–H groups in total. The molecule has 0 saturated carbocycles. The van der Waals surface area contributed by atoms with Gasteiger partial charge in [0.2, 0.25) is 0 Å². The Balaban J connectivity index is 0.00000181. The molecule has 2 heterocycles. The van der Waals surface area contributed by atoms with E-state index in [-0.39, 0.29) is 29.4 Å². The summed E-state index contributed by atoms with van der Waals surface area (Å²) >= 11 is 0. The Morgan fingerprint density at radius 2 is 1.84 bits per heavy atom. The standard InChI is InChI=1S/C23H23N4O2S.Mg.H/c1-16(2)18-7-9-21(10-8-18)30(28,29)26-23-13-17(3)25-27(23)15-20-6-4-5-19-14-24-12-11-22(19)20;;/h4-14,26H,15H2,1-3H3;;/q-1;+2;-1. The van der Waals surface area contributed by atoms with E-state index in [1.165, 1.54) is 0 Å². The van der Waals surface area contributed by atoms with Crippen LogP contribution in [0.5, 0.6) is 0 Å². The van der Waals surface area contributed by atoms with Gasteiger partial charge in [0, 0.05) is 23.8 Å². The SMILES string of the molecule is Cc1cc(NS(=O)(=O)c2ccc([C-](C)C)cc2)n(Cc2cccc3cnccc23)n1.[H-].[Mg+2]. The first kappa shape index (κ1) is 23.1. The Bertz CT molecular complexity index is 1300. The zero-order valence-electron chi connectivity index (χ0n) is 18.8. The molecule has 0 amide bonds. The average molecular weight is 445 g/mol. The van der Waals surface area contributed by atoms with Crippen LogP contribution in [0.1, 0.15) is 32.1 Å². The zero-order chi connectivity index (χ0) is 21.3. The van der Waals surface area contributed by atoms with Crippen molar-refractivity contribution in [2.45, 2.75) is 32.2 Å². The van der Waals surface area contributed by atoms with Gasteiger partial charge in [-0.15, -0.1) is 0 Å². The molecular formula is C23H24MgN4O2S. The fourth-order valence-corrected chi connectivity index (χ4v) is 4.45. The summed E-state index contributed by atoms with van der Waals surface area (Å²) < 4.78 is 30.3. The smallest absolute Gasteiger partial charge is 1.00 e. The van der Waals surface area contributed by atoms with Crippen molar-refractivity contribution >= 4 is 49.7 Å². The summed E-state index contributed by atoms with van der Waals surface area (Å²) in [6.45, 7) is 6.27. The summed E-state index contributed by atoms with van der Waals surface area (Å²) in [6, 6.07) is 16.6. The predicted octanol–water partition coefficient (Wildman–Crippen LogP) is 4.28. The van der Waals surface area contributed by atoms with Crippen LogP contribution in [-0.4, -0.2) is 46.2 Å². The normalized spacial score (nSPS) is 11.2. The van der Waals surface area contributed by atoms with Gasteiger partial charge in [-0.05, 0) is 23.9 Å². The van der Waals surface area contributed by atoms with E-state index in [4.69, 9.17) is 0 Å². The van der Waals surface area contributed by atoms with E-state index in [0.29, 0.717) is 12.4 Å². The van der Waals surface area contributed by atoms with Gasteiger partial charge in [0.15, 0.2) is 0 Å². The van der Waals surface area contributed by atoms with E-state index < -0.39 is 10.0 Å². The molecule has 2 aromatic heterocycles. The third kappa shape index (κ3) is 5.03. The van der Waals surface area contributed by atoms with Crippen molar-refractivity contribution < 1.29 is 9.84 Å². The summed E-state index contributed by atoms with van der Waals surface area (Å²) in [5.41, 5.74) is 2.79. The quantitative estimate of drug-likeness (QED) is 0.355. The van der Waals surface area contributed by atoms with E-state index in [0.717, 1.165) is 33.5 Å². The molecule has 4 rings (SSSR count). The number of pyridine rings is 1. The van der Waals surface area contributed by atoms with Gasteiger partial charge < -0.3 is 1.43 Å². The van der Waals surface area contributed by atoms with Crippen LogP contribution in [0.4, 0.5) is 5.82 Å². The van der Waals surface area contributed by atoms with Crippen molar-refractivity contribution in [2.75, 3.05) is 4.72 Å². The molecular weight excluding hydrogens is 421 g/mol. The molecule has 0 bridgehead atoms. The molecule has 0 atom stereocenters. The molecule has 0 radical (unpaired) electrons. The molecule has 6 nitrogen and oxygen atoms in total. The number of benzene rings is 2. The molecule has 0 aliphatic rings. The number of fused-ring (bicyclic) bond motifs is 1. The minimum absolute atomic E-state index is 0. The van der Waals surface area contributed by atoms with E-state index in [2.05, 4.69) is 14.8 Å². The van der Waals surface area contributed by atoms with E-state index >= 15 is 0 Å². The Labute approximate surface area is 200 Å². The van der Waals surface area contributed by atoms with Crippen LogP contribution in [0.2, 0.25) is 0 Å². The second-order valence-corrected chi connectivity index (χ2v) is 9.15. The van der Waals surface area contributed by atoms with Gasteiger partial charge in [0.05, 0.1) is 17.1 Å². The Kier molecular flexibility index (Phi) is 6.93. The van der Waals surface area contributed by atoms with Crippen molar-refractivity contribution in [3.63, 3.8) is 0 Å². The third-order valence-electron chi connectivity index (χ3n) is 4.97. The van der Waals surface area contributed by atoms with Crippen LogP contribution in [0.25, 0.3) is 10.8 Å². The number of hydrogen-bond acceptors (Lipinski definition) is 4. The summed E-state index contributed by atoms with van der Waals surface area (Å²) in [5.74, 6) is 1.56. The summed E-state index contributed by atoms with van der Waals surface area (Å²) in [7, 11) is -3.73. The number of rotatable bonds is 6. The summed E-state index contributed by atoms with van der Waals surface area (Å²) in [4.78, 5) is 4.38. The number of nitrogens with one attached hydrogen (secondary N) is 1. The number of nitrogens with zero attached hydrogens (tertiary/aromatic N) is 3. The molecule has 8 heteroatoms. The largest absolute Gasteiger partial charge is 2.00 e. The first-order chi connectivity index (χ1) is 14.3. The number of sulfonamides is 1. The molecule has 0 spiro atoms. The fraction of sp³-hybridized carbons (Fsp3) is 0.174. The van der Waals surface area contributed by atoms with Gasteiger partial charge in [0.25, 0.3) is 10.0 Å². The summed E-state index contributed by atoms with van der Waals surface area (Å²) in [6.07, 6.45) is 3.57. The van der Waals surface area contributed by atoms with Crippen LogP contribution >= 0.6 is 0 Å². The molecule has 0 aliphatic carbocycles. The van der Waals surface area contributed by atoms with Crippen molar-refractivity contribution in [1.82, 2.24) is 14.8 Å². The van der Waals surface area contributed by atoms with E-state index in [1.54, 1.807) is 29.1 Å². The van der Waals surface area contributed by atoms with Crippen molar-refractivity contribution in [2.24, 2.45) is 0 Å². The monoisotopic (exact) mass is 444 g/mol. The van der Waals surface area contributed by atoms with Crippen LogP contribution in [0.15, 0.2) is 71.9 Å². The van der Waals surface area contributed by atoms with E-state index in [1.807, 2.05) is 63.4 Å². The van der Waals surface area contributed by atoms with Crippen LogP contribution in [-0.2, 0) is 16.6 Å². The van der Waals surface area contributed by atoms with Crippen LogP contribution in [0.3, 0.4) is 0 Å². The number of aromatic nitrogens is 3. The molecule has 0 aliphatic heterocycles. The molecule has 31 heavy (non-hydrogen) atoms.